The van der Waals surface area contributed by atoms with E-state index in [1.54, 1.807) is 7.11 Å². The van der Waals surface area contributed by atoms with Crippen LogP contribution >= 0.6 is 0 Å². The molecule has 1 N–H and O–H groups in total. The van der Waals surface area contributed by atoms with Gasteiger partial charge in [-0.3, -0.25) is 0 Å². The van der Waals surface area contributed by atoms with Crippen molar-refractivity contribution in [1.82, 2.24) is 20.1 Å². The minimum atomic E-state index is 0.722. The largest absolute Gasteiger partial charge is 0.496 e. The predicted octanol–water partition coefficient (Wildman–Crippen LogP) is 3.46. The van der Waals surface area contributed by atoms with Crippen LogP contribution in [0.25, 0.3) is 10.8 Å². The van der Waals surface area contributed by atoms with Crippen molar-refractivity contribution in [3.8, 4) is 5.75 Å². The molecule has 25 heavy (non-hydrogen) atoms. The van der Waals surface area contributed by atoms with Gasteiger partial charge >= 0.3 is 0 Å². The number of methoxy groups -OCH3 is 1. The summed E-state index contributed by atoms with van der Waals surface area (Å²) in [5.74, 6) is 3.10. The zero-order valence-corrected chi connectivity index (χ0v) is 14.7. The number of fused-ring (bicyclic) bond motifs is 2. The van der Waals surface area contributed by atoms with Crippen LogP contribution in [0, 0.1) is 0 Å². The molecule has 5 heteroatoms. The topological polar surface area (TPSA) is 52.0 Å². The molecule has 0 amide bonds. The standard InChI is InChI=1S/C20H24N4O/c1-25-18-11-10-15-7-4-5-8-16(15)17(18)13-21-14-20-23-22-19-9-3-2-6-12-24(19)20/h4-5,7-8,10-11,21H,2-3,6,9,12-14H2,1H3. The summed E-state index contributed by atoms with van der Waals surface area (Å²) in [6, 6.07) is 12.6. The summed E-state index contributed by atoms with van der Waals surface area (Å²) >= 11 is 0. The summed E-state index contributed by atoms with van der Waals surface area (Å²) in [5, 5.41) is 14.8. The predicted molar refractivity (Wildman–Crippen MR) is 98.6 cm³/mol. The molecule has 1 aromatic heterocycles. The van der Waals surface area contributed by atoms with E-state index in [0.717, 1.165) is 43.5 Å². The van der Waals surface area contributed by atoms with Gasteiger partial charge < -0.3 is 14.6 Å². The highest BCUT2D eigenvalue weighted by Crippen LogP contribution is 2.27. The fourth-order valence-electron chi connectivity index (χ4n) is 3.66. The van der Waals surface area contributed by atoms with Gasteiger partial charge in [0.15, 0.2) is 0 Å². The first-order valence-corrected chi connectivity index (χ1v) is 9.03. The molecule has 0 spiro atoms. The molecule has 2 aromatic carbocycles. The highest BCUT2D eigenvalue weighted by molar-refractivity contribution is 5.87. The van der Waals surface area contributed by atoms with Crippen LogP contribution in [0.1, 0.15) is 36.5 Å². The fraction of sp³-hybridized carbons (Fsp3) is 0.400. The van der Waals surface area contributed by atoms with Gasteiger partial charge in [-0.15, -0.1) is 10.2 Å². The molecule has 0 unspecified atom stereocenters. The summed E-state index contributed by atoms with van der Waals surface area (Å²) in [4.78, 5) is 0. The molecule has 3 aromatic rings. The Morgan fingerprint density at radius 2 is 1.96 bits per heavy atom. The van der Waals surface area contributed by atoms with Crippen LogP contribution in [-0.4, -0.2) is 21.9 Å². The van der Waals surface area contributed by atoms with Gasteiger partial charge in [-0.25, -0.2) is 0 Å². The first kappa shape index (κ1) is 16.1. The molecule has 0 fully saturated rings. The fourth-order valence-corrected chi connectivity index (χ4v) is 3.66. The second-order valence-electron chi connectivity index (χ2n) is 6.57. The van der Waals surface area contributed by atoms with Crippen molar-refractivity contribution in [2.45, 2.75) is 45.3 Å². The van der Waals surface area contributed by atoms with E-state index in [9.17, 15) is 0 Å². The number of nitrogens with zero attached hydrogens (tertiary/aromatic N) is 3. The Hall–Kier alpha value is -2.40. The maximum Gasteiger partial charge on any atom is 0.147 e. The van der Waals surface area contributed by atoms with Crippen molar-refractivity contribution >= 4 is 10.8 Å². The normalized spacial score (nSPS) is 14.3. The number of hydrogen-bond acceptors (Lipinski definition) is 4. The van der Waals surface area contributed by atoms with E-state index in [1.165, 1.54) is 35.6 Å². The van der Waals surface area contributed by atoms with Gasteiger partial charge in [-0.1, -0.05) is 36.8 Å². The molecule has 2 heterocycles. The smallest absolute Gasteiger partial charge is 0.147 e. The van der Waals surface area contributed by atoms with E-state index >= 15 is 0 Å². The summed E-state index contributed by atoms with van der Waals surface area (Å²) in [6.07, 6.45) is 4.77. The van der Waals surface area contributed by atoms with Crippen LogP contribution in [-0.2, 0) is 26.1 Å². The summed E-state index contributed by atoms with van der Waals surface area (Å²) in [7, 11) is 1.73. The molecule has 0 atom stereocenters. The molecule has 5 nitrogen and oxygen atoms in total. The average Bonchev–Trinajstić information content (AvgIpc) is 2.88. The van der Waals surface area contributed by atoms with Crippen LogP contribution in [0.2, 0.25) is 0 Å². The summed E-state index contributed by atoms with van der Waals surface area (Å²) < 4.78 is 7.87. The minimum Gasteiger partial charge on any atom is -0.496 e. The maximum atomic E-state index is 5.58. The molecule has 0 saturated heterocycles. The molecule has 1 aliphatic heterocycles. The van der Waals surface area contributed by atoms with Crippen molar-refractivity contribution in [3.63, 3.8) is 0 Å². The number of aromatic nitrogens is 3. The Labute approximate surface area is 148 Å². The van der Waals surface area contributed by atoms with E-state index < -0.39 is 0 Å². The van der Waals surface area contributed by atoms with Crippen LogP contribution in [0.3, 0.4) is 0 Å². The van der Waals surface area contributed by atoms with Crippen molar-refractivity contribution in [2.24, 2.45) is 0 Å². The molecular weight excluding hydrogens is 312 g/mol. The van der Waals surface area contributed by atoms with Crippen molar-refractivity contribution in [1.29, 1.82) is 0 Å². The molecule has 1 aliphatic rings. The van der Waals surface area contributed by atoms with E-state index in [0.29, 0.717) is 0 Å². The van der Waals surface area contributed by atoms with E-state index in [1.807, 2.05) is 6.07 Å². The minimum absolute atomic E-state index is 0.722. The van der Waals surface area contributed by atoms with Gasteiger partial charge in [0.25, 0.3) is 0 Å². The highest BCUT2D eigenvalue weighted by atomic mass is 16.5. The van der Waals surface area contributed by atoms with Gasteiger partial charge in [-0.2, -0.15) is 0 Å². The molecule has 0 radical (unpaired) electrons. The van der Waals surface area contributed by atoms with Crippen molar-refractivity contribution < 1.29 is 4.74 Å². The number of aryl methyl sites for hydroxylation is 1. The molecule has 0 aliphatic carbocycles. The van der Waals surface area contributed by atoms with Crippen molar-refractivity contribution in [2.75, 3.05) is 7.11 Å². The van der Waals surface area contributed by atoms with Gasteiger partial charge in [0.1, 0.15) is 17.4 Å². The molecule has 0 saturated carbocycles. The van der Waals surface area contributed by atoms with Crippen LogP contribution in [0.5, 0.6) is 5.75 Å². The highest BCUT2D eigenvalue weighted by Gasteiger charge is 2.15. The molecule has 4 rings (SSSR count). The third-order valence-corrected chi connectivity index (χ3v) is 4.99. The Bertz CT molecular complexity index is 871. The van der Waals surface area contributed by atoms with Crippen LogP contribution < -0.4 is 10.1 Å². The second kappa shape index (κ2) is 7.23. The third kappa shape index (κ3) is 3.24. The first-order chi connectivity index (χ1) is 12.4. The zero-order chi connectivity index (χ0) is 17.1. The quantitative estimate of drug-likeness (QED) is 0.775. The lowest BCUT2D eigenvalue weighted by Gasteiger charge is -2.13. The number of ether oxygens (including phenoxy) is 1. The summed E-state index contributed by atoms with van der Waals surface area (Å²) in [6.45, 7) is 2.50. The number of benzene rings is 2. The lowest BCUT2D eigenvalue weighted by Crippen LogP contribution is -2.18. The van der Waals surface area contributed by atoms with Crippen molar-refractivity contribution in [3.05, 3.63) is 53.6 Å². The van der Waals surface area contributed by atoms with Gasteiger partial charge in [0.2, 0.25) is 0 Å². The van der Waals surface area contributed by atoms with E-state index in [-0.39, 0.29) is 0 Å². The summed E-state index contributed by atoms with van der Waals surface area (Å²) in [5.41, 5.74) is 1.19. The Balaban J connectivity index is 1.52. The first-order valence-electron chi connectivity index (χ1n) is 9.03. The second-order valence-corrected chi connectivity index (χ2v) is 6.57. The lowest BCUT2D eigenvalue weighted by atomic mass is 10.0. The Morgan fingerprint density at radius 3 is 2.88 bits per heavy atom. The Morgan fingerprint density at radius 1 is 1.04 bits per heavy atom. The number of rotatable bonds is 5. The Kier molecular flexibility index (Phi) is 4.65. The van der Waals surface area contributed by atoms with Crippen LogP contribution in [0.15, 0.2) is 36.4 Å². The van der Waals surface area contributed by atoms with E-state index in [4.69, 9.17) is 4.74 Å². The van der Waals surface area contributed by atoms with Gasteiger partial charge in [0, 0.05) is 25.1 Å². The average molecular weight is 336 g/mol. The molecule has 130 valence electrons. The monoisotopic (exact) mass is 336 g/mol. The molecular formula is C20H24N4O. The third-order valence-electron chi connectivity index (χ3n) is 4.99. The molecule has 0 bridgehead atoms. The van der Waals surface area contributed by atoms with Gasteiger partial charge in [0.05, 0.1) is 13.7 Å². The van der Waals surface area contributed by atoms with E-state index in [2.05, 4.69) is 50.4 Å². The zero-order valence-electron chi connectivity index (χ0n) is 14.7. The SMILES string of the molecule is COc1ccc2ccccc2c1CNCc1nnc2n1CCCCC2. The number of hydrogen-bond donors (Lipinski definition) is 1. The van der Waals surface area contributed by atoms with Crippen LogP contribution in [0.4, 0.5) is 0 Å². The number of nitrogens with one attached hydrogen (secondary N) is 1. The maximum absolute atomic E-state index is 5.58. The van der Waals surface area contributed by atoms with Gasteiger partial charge in [-0.05, 0) is 29.7 Å². The lowest BCUT2D eigenvalue weighted by molar-refractivity contribution is 0.408.